The first kappa shape index (κ1) is 18.7. The van der Waals surface area contributed by atoms with Gasteiger partial charge >= 0.3 is 0 Å². The molecule has 3 aromatic heterocycles. The molecule has 0 radical (unpaired) electrons. The topological polar surface area (TPSA) is 43.9 Å². The van der Waals surface area contributed by atoms with Crippen LogP contribution in [0.25, 0.3) is 94.2 Å². The number of hydrogen-bond acceptors (Lipinski definition) is 3. The first-order valence-corrected chi connectivity index (χ1v) is 15.8. The van der Waals surface area contributed by atoms with E-state index >= 15 is 0 Å². The standard InChI is InChI=1S/C46H29N3O/c1-2-10-30(11-3-1)31-20-22-32(23-21-31)33-12-8-13-34(26-33)35-24-25-43-40(28-35)45-46(50-43)44(47-29-48-45)36-14-9-15-37(27-36)49-41-18-6-4-16-38(41)39-17-5-7-19-42(39)49/h1-29H/i4D,5D,6D,7D,9D,14D,15D,16D,17D,18D,19D,27D. The van der Waals surface area contributed by atoms with Gasteiger partial charge in [0.25, 0.3) is 0 Å². The number of benzene rings is 7. The second kappa shape index (κ2) is 11.4. The quantitative estimate of drug-likeness (QED) is 0.186. The molecule has 0 saturated carbocycles. The van der Waals surface area contributed by atoms with Crippen molar-refractivity contribution < 1.29 is 20.9 Å². The SMILES string of the molecule is [2H]c1c([2H])c(-c2ncnc3c2oc2ccc(-c4cccc(-c5ccc(-c6ccccc6)cc5)c4)cc23)c([2H])c(-n2c3c([2H])c([2H])c([2H])c([2H])c3c3c([2H])c([2H])c([2H])c([2H])c32)c1[2H]. The van der Waals surface area contributed by atoms with Crippen LogP contribution in [0.4, 0.5) is 0 Å². The Morgan fingerprint density at radius 2 is 1.12 bits per heavy atom. The molecule has 7 aromatic carbocycles. The highest BCUT2D eigenvalue weighted by Gasteiger charge is 2.18. The third kappa shape index (κ3) is 4.61. The van der Waals surface area contributed by atoms with Gasteiger partial charge in [-0.2, -0.15) is 0 Å². The largest absolute Gasteiger partial charge is 0.452 e. The molecule has 0 aliphatic carbocycles. The van der Waals surface area contributed by atoms with Gasteiger partial charge in [0.1, 0.15) is 23.1 Å². The maximum Gasteiger partial charge on any atom is 0.180 e. The molecule has 234 valence electrons. The van der Waals surface area contributed by atoms with Crippen LogP contribution in [0.3, 0.4) is 0 Å². The van der Waals surface area contributed by atoms with Gasteiger partial charge in [-0.05, 0) is 75.7 Å². The molecule has 10 aromatic rings. The van der Waals surface area contributed by atoms with E-state index in [0.717, 1.165) is 37.9 Å². The maximum atomic E-state index is 9.60. The van der Waals surface area contributed by atoms with Crippen LogP contribution in [0.2, 0.25) is 0 Å². The second-order valence-electron chi connectivity index (χ2n) is 11.7. The van der Waals surface area contributed by atoms with Gasteiger partial charge in [0.05, 0.1) is 27.5 Å². The molecular weight excluding hydrogens is 611 g/mol. The number of fused-ring (bicyclic) bond motifs is 6. The number of aromatic nitrogens is 3. The lowest BCUT2D eigenvalue weighted by atomic mass is 9.96. The summed E-state index contributed by atoms with van der Waals surface area (Å²) in [5.74, 6) is 0. The number of hydrogen-bond donors (Lipinski definition) is 0. The predicted octanol–water partition coefficient (Wildman–Crippen LogP) is 12.1. The lowest BCUT2D eigenvalue weighted by Gasteiger charge is -2.10. The van der Waals surface area contributed by atoms with Gasteiger partial charge in [-0.1, -0.05) is 127 Å². The molecule has 0 spiro atoms. The van der Waals surface area contributed by atoms with Gasteiger partial charge in [0.15, 0.2) is 5.58 Å². The fraction of sp³-hybridized carbons (Fsp3) is 0. The second-order valence-corrected chi connectivity index (χ2v) is 11.7. The van der Waals surface area contributed by atoms with Crippen molar-refractivity contribution in [3.8, 4) is 50.3 Å². The molecule has 0 atom stereocenters. The predicted molar refractivity (Wildman–Crippen MR) is 205 cm³/mol. The zero-order valence-corrected chi connectivity index (χ0v) is 26.1. The third-order valence-electron chi connectivity index (χ3n) is 8.88. The molecule has 0 unspecified atom stereocenters. The van der Waals surface area contributed by atoms with E-state index in [9.17, 15) is 1.37 Å². The van der Waals surface area contributed by atoms with Gasteiger partial charge in [-0.3, -0.25) is 0 Å². The van der Waals surface area contributed by atoms with Crippen molar-refractivity contribution in [2.75, 3.05) is 0 Å². The van der Waals surface area contributed by atoms with Crippen LogP contribution in [-0.2, 0) is 0 Å². The molecule has 4 heteroatoms. The summed E-state index contributed by atoms with van der Waals surface area (Å²) in [4.78, 5) is 8.97. The monoisotopic (exact) mass is 651 g/mol. The number of para-hydroxylation sites is 2. The smallest absolute Gasteiger partial charge is 0.180 e. The summed E-state index contributed by atoms with van der Waals surface area (Å²) in [5.41, 5.74) is 5.57. The zero-order valence-electron chi connectivity index (χ0n) is 38.1. The molecule has 50 heavy (non-hydrogen) atoms. The Balaban J connectivity index is 1.15. The molecule has 0 aliphatic rings. The van der Waals surface area contributed by atoms with Crippen LogP contribution in [0.15, 0.2) is 180 Å². The Labute approximate surface area is 305 Å². The van der Waals surface area contributed by atoms with Crippen LogP contribution in [0, 0.1) is 0 Å². The van der Waals surface area contributed by atoms with Crippen molar-refractivity contribution >= 4 is 43.9 Å². The summed E-state index contributed by atoms with van der Waals surface area (Å²) >= 11 is 0. The molecule has 10 rings (SSSR count). The summed E-state index contributed by atoms with van der Waals surface area (Å²) in [7, 11) is 0. The molecule has 4 nitrogen and oxygen atoms in total. The minimum absolute atomic E-state index is 0.0528. The normalized spacial score (nSPS) is 15.0. The highest BCUT2D eigenvalue weighted by atomic mass is 16.3. The van der Waals surface area contributed by atoms with Gasteiger partial charge in [-0.15, -0.1) is 0 Å². The molecule has 0 saturated heterocycles. The van der Waals surface area contributed by atoms with Crippen molar-refractivity contribution in [2.24, 2.45) is 0 Å². The van der Waals surface area contributed by atoms with Crippen LogP contribution in [0.1, 0.15) is 16.4 Å². The van der Waals surface area contributed by atoms with Crippen LogP contribution >= 0.6 is 0 Å². The highest BCUT2D eigenvalue weighted by molar-refractivity contribution is 6.10. The van der Waals surface area contributed by atoms with Crippen LogP contribution in [-0.4, -0.2) is 14.5 Å². The van der Waals surface area contributed by atoms with Crippen molar-refractivity contribution in [3.63, 3.8) is 0 Å². The molecule has 0 bridgehead atoms. The molecule has 0 fully saturated rings. The summed E-state index contributed by atoms with van der Waals surface area (Å²) in [6.07, 6.45) is 1.24. The van der Waals surface area contributed by atoms with Gasteiger partial charge in [0, 0.05) is 27.4 Å². The van der Waals surface area contributed by atoms with Gasteiger partial charge < -0.3 is 8.98 Å². The highest BCUT2D eigenvalue weighted by Crippen LogP contribution is 2.38. The molecule has 0 aliphatic heterocycles. The first-order valence-electron chi connectivity index (χ1n) is 21.8. The first-order chi connectivity index (χ1) is 29.8. The lowest BCUT2D eigenvalue weighted by molar-refractivity contribution is 0.667. The summed E-state index contributed by atoms with van der Waals surface area (Å²) < 4.78 is 113. The maximum absolute atomic E-state index is 9.60. The third-order valence-corrected chi connectivity index (χ3v) is 8.88. The van der Waals surface area contributed by atoms with E-state index in [1.807, 2.05) is 48.5 Å². The van der Waals surface area contributed by atoms with Crippen LogP contribution < -0.4 is 0 Å². The Morgan fingerprint density at radius 1 is 0.500 bits per heavy atom. The van der Waals surface area contributed by atoms with Gasteiger partial charge in [-0.25, -0.2) is 9.97 Å². The van der Waals surface area contributed by atoms with E-state index < -0.39 is 78.2 Å². The van der Waals surface area contributed by atoms with Crippen molar-refractivity contribution in [3.05, 3.63) is 176 Å². The van der Waals surface area contributed by atoms with E-state index in [4.69, 9.17) is 19.5 Å². The average molecular weight is 652 g/mol. The fourth-order valence-electron chi connectivity index (χ4n) is 6.51. The Morgan fingerprint density at radius 3 is 1.88 bits per heavy atom. The van der Waals surface area contributed by atoms with Crippen molar-refractivity contribution in [1.29, 1.82) is 0 Å². The minimum Gasteiger partial charge on any atom is -0.452 e. The van der Waals surface area contributed by atoms with Crippen molar-refractivity contribution in [1.82, 2.24) is 14.5 Å². The van der Waals surface area contributed by atoms with Crippen LogP contribution in [0.5, 0.6) is 0 Å². The average Bonchev–Trinajstić information content (AvgIpc) is 3.85. The summed E-state index contributed by atoms with van der Waals surface area (Å²) in [5, 5.41) is 0.113. The van der Waals surface area contributed by atoms with E-state index in [1.165, 1.54) is 6.33 Å². The number of rotatable bonds is 5. The minimum atomic E-state index is -0.684. The lowest BCUT2D eigenvalue weighted by Crippen LogP contribution is -1.95. The summed E-state index contributed by atoms with van der Waals surface area (Å²) in [6.45, 7) is 0. The van der Waals surface area contributed by atoms with Crippen molar-refractivity contribution in [2.45, 2.75) is 0 Å². The van der Waals surface area contributed by atoms with E-state index in [1.54, 1.807) is 6.07 Å². The summed E-state index contributed by atoms with van der Waals surface area (Å²) in [6, 6.07) is 24.7. The van der Waals surface area contributed by atoms with E-state index in [0.29, 0.717) is 16.5 Å². The van der Waals surface area contributed by atoms with Gasteiger partial charge in [0.2, 0.25) is 0 Å². The number of furan rings is 1. The molecule has 0 N–H and O–H groups in total. The molecule has 3 heterocycles. The van der Waals surface area contributed by atoms with E-state index in [2.05, 4.69) is 52.4 Å². The Bertz CT molecular complexity index is 3470. The Kier molecular flexibility index (Phi) is 4.27. The molecular formula is C46H29N3O. The van der Waals surface area contributed by atoms with E-state index in [-0.39, 0.29) is 38.6 Å². The zero-order chi connectivity index (χ0) is 43.5. The Hall–Kier alpha value is -6.78. The fourth-order valence-corrected chi connectivity index (χ4v) is 6.51. The number of nitrogens with zero attached hydrogens (tertiary/aromatic N) is 3. The molecule has 0 amide bonds.